The van der Waals surface area contributed by atoms with E-state index in [2.05, 4.69) is 0 Å². The third-order valence-corrected chi connectivity index (χ3v) is 0.684. The Bertz CT molecular complexity index is 348. The minimum atomic E-state index is -1.32. The summed E-state index contributed by atoms with van der Waals surface area (Å²) in [6.45, 7) is 0. The van der Waals surface area contributed by atoms with Gasteiger partial charge in [-0.05, 0) is 0 Å². The van der Waals surface area contributed by atoms with E-state index in [1.807, 2.05) is 0 Å². The molecule has 0 aromatic carbocycles. The van der Waals surface area contributed by atoms with Crippen LogP contribution in [0.3, 0.4) is 0 Å². The van der Waals surface area contributed by atoms with Gasteiger partial charge in [-0.2, -0.15) is 15.8 Å². The Morgan fingerprint density at radius 2 is 1.10 bits per heavy atom. The number of carbonyl (C=O) groups excluding carboxylic acids is 1. The van der Waals surface area contributed by atoms with E-state index in [4.69, 9.17) is 26.0 Å². The molecule has 104 valence electrons. The van der Waals surface area contributed by atoms with Gasteiger partial charge in [0, 0.05) is 0 Å². The summed E-state index contributed by atoms with van der Waals surface area (Å²) in [4.78, 5) is 28.0. The molecule has 11 heteroatoms. The van der Waals surface area contributed by atoms with Crippen molar-refractivity contribution in [2.45, 2.75) is 19.3 Å². The number of rotatable bonds is 3. The van der Waals surface area contributed by atoms with Crippen LogP contribution >= 0.6 is 0 Å². The fourth-order valence-corrected chi connectivity index (χ4v) is 0.200. The summed E-state index contributed by atoms with van der Waals surface area (Å²) in [6.07, 6.45) is -1.32. The van der Waals surface area contributed by atoms with E-state index in [1.165, 1.54) is 18.2 Å². The molecule has 9 nitrogen and oxygen atoms in total. The predicted molar refractivity (Wildman–Crippen MR) is 59.5 cm³/mol. The Labute approximate surface area is 147 Å². The molecule has 2 N–H and O–H groups in total. The van der Waals surface area contributed by atoms with Gasteiger partial charge in [0.2, 0.25) is 0 Å². The summed E-state index contributed by atoms with van der Waals surface area (Å²) in [7, 11) is 0. The number of nitriles is 3. The maximum absolute atomic E-state index is 9.38. The number of hydrogen-bond donors (Lipinski definition) is 2. The molecule has 0 aromatic heterocycles. The molecule has 0 atom stereocenters. The van der Waals surface area contributed by atoms with Crippen molar-refractivity contribution in [1.82, 2.24) is 0 Å². The van der Waals surface area contributed by atoms with Crippen molar-refractivity contribution < 1.29 is 59.3 Å². The molecule has 0 aliphatic heterocycles. The molecule has 0 aromatic rings. The number of nitrogens with zero attached hydrogens (tertiary/aromatic N) is 3. The third-order valence-electron chi connectivity index (χ3n) is 0.684. The van der Waals surface area contributed by atoms with Gasteiger partial charge < -0.3 is 20.1 Å². The zero-order valence-corrected chi connectivity index (χ0v) is 14.6. The van der Waals surface area contributed by atoms with Crippen LogP contribution in [-0.2, 0) is 14.4 Å². The summed E-state index contributed by atoms with van der Waals surface area (Å²) >= 11 is 0. The quantitative estimate of drug-likeness (QED) is 0.465. The molecule has 0 radical (unpaired) electrons. The zero-order chi connectivity index (χ0) is 15.0. The molecule has 0 saturated carbocycles. The van der Waals surface area contributed by atoms with Gasteiger partial charge in [-0.15, -0.1) is 0 Å². The summed E-state index contributed by atoms with van der Waals surface area (Å²) < 4.78 is 0. The Kier molecular flexibility index (Phi) is 40.4. The van der Waals surface area contributed by atoms with Crippen LogP contribution < -0.4 is 34.7 Å². The predicted octanol–water partition coefficient (Wildman–Crippen LogP) is -5.29. The van der Waals surface area contributed by atoms with Crippen LogP contribution in [0, 0.1) is 34.0 Å². The zero-order valence-electron chi connectivity index (χ0n) is 10.5. The van der Waals surface area contributed by atoms with Crippen LogP contribution in [0.25, 0.3) is 0 Å². The normalized spacial score (nSPS) is 5.85. The second kappa shape index (κ2) is 26.1. The second-order valence-corrected chi connectivity index (χ2v) is 2.16. The molecular weight excluding hydrogens is 348 g/mol. The standard InChI is InChI=1S/3C3H3NO2.Na.H2Se/c3*4-2-1-3(5)6;;/h3*1H2,(H,5,6);;1H2/q;;;+1;/p-1. The van der Waals surface area contributed by atoms with Gasteiger partial charge >= 0.3 is 58.6 Å². The summed E-state index contributed by atoms with van der Waals surface area (Å²) in [5.41, 5.74) is 0. The van der Waals surface area contributed by atoms with Gasteiger partial charge in [-0.25, -0.2) is 0 Å². The van der Waals surface area contributed by atoms with Crippen LogP contribution in [0.1, 0.15) is 19.3 Å². The third kappa shape index (κ3) is 71.0. The molecule has 0 aliphatic carbocycles. The molecular formula is C9H10N3NaO6Se. The van der Waals surface area contributed by atoms with Crippen LogP contribution in [0.15, 0.2) is 0 Å². The van der Waals surface area contributed by atoms with Gasteiger partial charge in [-0.3, -0.25) is 9.59 Å². The number of carboxylic acids is 3. The van der Waals surface area contributed by atoms with Crippen molar-refractivity contribution >= 4 is 35.0 Å². The average molecular weight is 358 g/mol. The topological polar surface area (TPSA) is 186 Å². The van der Waals surface area contributed by atoms with Gasteiger partial charge in [0.1, 0.15) is 12.8 Å². The average Bonchev–Trinajstić information content (AvgIpc) is 2.18. The molecule has 0 saturated heterocycles. The van der Waals surface area contributed by atoms with Crippen LogP contribution in [-0.4, -0.2) is 45.2 Å². The summed E-state index contributed by atoms with van der Waals surface area (Å²) in [5, 5.41) is 47.4. The van der Waals surface area contributed by atoms with E-state index < -0.39 is 37.2 Å². The fraction of sp³-hybridized carbons (Fsp3) is 0.333. The first kappa shape index (κ1) is 31.0. The molecule has 0 fully saturated rings. The molecule has 0 aliphatic rings. The minimum absolute atomic E-state index is 0. The molecule has 0 heterocycles. The van der Waals surface area contributed by atoms with Crippen LogP contribution in [0.4, 0.5) is 0 Å². The maximum atomic E-state index is 9.38. The molecule has 0 amide bonds. The summed E-state index contributed by atoms with van der Waals surface area (Å²) in [5.74, 6) is -3.47. The van der Waals surface area contributed by atoms with Crippen molar-refractivity contribution in [2.75, 3.05) is 0 Å². The van der Waals surface area contributed by atoms with Crippen molar-refractivity contribution in [3.8, 4) is 18.2 Å². The van der Waals surface area contributed by atoms with Crippen molar-refractivity contribution in [3.05, 3.63) is 0 Å². The van der Waals surface area contributed by atoms with Crippen LogP contribution in [0.2, 0.25) is 0 Å². The number of aliphatic carboxylic acids is 3. The Morgan fingerprint density at radius 3 is 1.10 bits per heavy atom. The van der Waals surface area contributed by atoms with E-state index in [0.29, 0.717) is 0 Å². The molecule has 20 heavy (non-hydrogen) atoms. The molecule has 0 spiro atoms. The number of carboxylic acid groups (broad SMARTS) is 3. The molecule has 0 unspecified atom stereocenters. The monoisotopic (exact) mass is 359 g/mol. The fourth-order valence-electron chi connectivity index (χ4n) is 0.200. The van der Waals surface area contributed by atoms with Crippen molar-refractivity contribution in [2.24, 2.45) is 0 Å². The first-order valence-corrected chi connectivity index (χ1v) is 4.06. The van der Waals surface area contributed by atoms with Gasteiger partial charge in [0.25, 0.3) is 0 Å². The van der Waals surface area contributed by atoms with Crippen molar-refractivity contribution in [3.63, 3.8) is 0 Å². The van der Waals surface area contributed by atoms with Crippen molar-refractivity contribution in [1.29, 1.82) is 15.8 Å². The summed E-state index contributed by atoms with van der Waals surface area (Å²) in [6, 6.07) is 4.34. The Morgan fingerprint density at radius 1 is 0.850 bits per heavy atom. The van der Waals surface area contributed by atoms with E-state index in [9.17, 15) is 19.5 Å². The second-order valence-electron chi connectivity index (χ2n) is 2.16. The number of hydrogen-bond acceptors (Lipinski definition) is 7. The van der Waals surface area contributed by atoms with E-state index in [-0.39, 0.29) is 46.6 Å². The first-order chi connectivity index (χ1) is 8.31. The van der Waals surface area contributed by atoms with E-state index in [0.717, 1.165) is 0 Å². The molecule has 0 rings (SSSR count). The Balaban J connectivity index is -0.0000000536. The van der Waals surface area contributed by atoms with Gasteiger partial charge in [-0.1, -0.05) is 0 Å². The van der Waals surface area contributed by atoms with Gasteiger partial charge in [0.05, 0.1) is 30.6 Å². The van der Waals surface area contributed by atoms with E-state index >= 15 is 0 Å². The molecule has 0 bridgehead atoms. The van der Waals surface area contributed by atoms with E-state index in [1.54, 1.807) is 0 Å². The Hall–Kier alpha value is -1.60. The van der Waals surface area contributed by atoms with Crippen LogP contribution in [0.5, 0.6) is 0 Å². The number of carbonyl (C=O) groups is 3. The SMILES string of the molecule is N#CCC(=O)O.N#CCC(=O)O.N#CCC(=O)[O-].[Na+].[SeH2]. The van der Waals surface area contributed by atoms with Gasteiger partial charge in [0.15, 0.2) is 0 Å². The first-order valence-electron chi connectivity index (χ1n) is 4.06.